The van der Waals surface area contributed by atoms with E-state index in [-0.39, 0.29) is 0 Å². The second kappa shape index (κ2) is 5.61. The Labute approximate surface area is 123 Å². The highest BCUT2D eigenvalue weighted by atomic mass is 16.5. The number of aromatic nitrogens is 3. The predicted octanol–water partition coefficient (Wildman–Crippen LogP) is 3.09. The summed E-state index contributed by atoms with van der Waals surface area (Å²) < 4.78 is 10.4. The Morgan fingerprint density at radius 3 is 2.86 bits per heavy atom. The number of pyridine rings is 1. The van der Waals surface area contributed by atoms with Crippen molar-refractivity contribution in [2.45, 2.75) is 20.3 Å². The molecule has 0 aliphatic heterocycles. The fraction of sp³-hybridized carbons (Fsp3) is 0.312. The van der Waals surface area contributed by atoms with E-state index in [0.29, 0.717) is 24.7 Å². The van der Waals surface area contributed by atoms with Crippen molar-refractivity contribution in [1.82, 2.24) is 15.1 Å². The van der Waals surface area contributed by atoms with Crippen LogP contribution in [0.3, 0.4) is 0 Å². The largest absolute Gasteiger partial charge is 0.384 e. The van der Waals surface area contributed by atoms with Crippen molar-refractivity contribution in [3.05, 3.63) is 41.3 Å². The van der Waals surface area contributed by atoms with E-state index >= 15 is 0 Å². The lowest BCUT2D eigenvalue weighted by Gasteiger charge is -2.05. The third kappa shape index (κ3) is 2.64. The maximum Gasteiger partial charge on any atom is 0.259 e. The van der Waals surface area contributed by atoms with Gasteiger partial charge < -0.3 is 9.26 Å². The van der Waals surface area contributed by atoms with Gasteiger partial charge in [0.2, 0.25) is 0 Å². The van der Waals surface area contributed by atoms with Crippen LogP contribution in [0.4, 0.5) is 0 Å². The van der Waals surface area contributed by atoms with Crippen LogP contribution in [-0.2, 0) is 11.2 Å². The van der Waals surface area contributed by atoms with Gasteiger partial charge in [0, 0.05) is 18.9 Å². The zero-order valence-corrected chi connectivity index (χ0v) is 12.4. The fourth-order valence-electron chi connectivity index (χ4n) is 2.31. The molecule has 3 rings (SSSR count). The third-order valence-corrected chi connectivity index (χ3v) is 3.47. The molecule has 0 fully saturated rings. The number of rotatable bonds is 4. The molecular formula is C16H17N3O2. The van der Waals surface area contributed by atoms with Gasteiger partial charge in [-0.05, 0) is 25.5 Å². The highest BCUT2D eigenvalue weighted by molar-refractivity contribution is 5.85. The molecule has 3 aromatic rings. The summed E-state index contributed by atoms with van der Waals surface area (Å²) >= 11 is 0. The first-order valence-electron chi connectivity index (χ1n) is 6.88. The Kier molecular flexibility index (Phi) is 3.66. The predicted molar refractivity (Wildman–Crippen MR) is 80.1 cm³/mol. The van der Waals surface area contributed by atoms with E-state index in [1.807, 2.05) is 19.1 Å². The molecule has 0 N–H and O–H groups in total. The van der Waals surface area contributed by atoms with Crippen molar-refractivity contribution < 1.29 is 9.26 Å². The van der Waals surface area contributed by atoms with Crippen LogP contribution in [0.25, 0.3) is 22.4 Å². The molecule has 5 heteroatoms. The highest BCUT2D eigenvalue weighted by Gasteiger charge is 2.13. The Bertz CT molecular complexity index is 780. The summed E-state index contributed by atoms with van der Waals surface area (Å²) in [6, 6.07) is 8.18. The molecule has 108 valence electrons. The maximum absolute atomic E-state index is 5.35. The molecule has 2 heterocycles. The topological polar surface area (TPSA) is 61.0 Å². The molecule has 2 aromatic heterocycles. The summed E-state index contributed by atoms with van der Waals surface area (Å²) in [5.74, 6) is 1.16. The summed E-state index contributed by atoms with van der Waals surface area (Å²) in [5.41, 5.74) is 3.94. The second-order valence-corrected chi connectivity index (χ2v) is 5.03. The lowest BCUT2D eigenvalue weighted by atomic mass is 10.1. The summed E-state index contributed by atoms with van der Waals surface area (Å²) in [7, 11) is 1.65. The molecule has 0 atom stereocenters. The van der Waals surface area contributed by atoms with Gasteiger partial charge in [-0.15, -0.1) is 0 Å². The average Bonchev–Trinajstić information content (AvgIpc) is 2.94. The quantitative estimate of drug-likeness (QED) is 0.736. The van der Waals surface area contributed by atoms with E-state index in [1.165, 1.54) is 0 Å². The zero-order valence-electron chi connectivity index (χ0n) is 12.4. The lowest BCUT2D eigenvalue weighted by molar-refractivity contribution is 0.199. The molecular weight excluding hydrogens is 266 g/mol. The molecule has 0 saturated heterocycles. The van der Waals surface area contributed by atoms with E-state index in [1.54, 1.807) is 7.11 Å². The van der Waals surface area contributed by atoms with Gasteiger partial charge in [0.05, 0.1) is 23.4 Å². The minimum atomic E-state index is 0.509. The van der Waals surface area contributed by atoms with Gasteiger partial charge >= 0.3 is 0 Å². The minimum Gasteiger partial charge on any atom is -0.384 e. The lowest BCUT2D eigenvalue weighted by Crippen LogP contribution is -1.96. The molecule has 0 unspecified atom stereocenters. The first-order chi connectivity index (χ1) is 10.2. The molecule has 21 heavy (non-hydrogen) atoms. The van der Waals surface area contributed by atoms with Crippen LogP contribution in [0.2, 0.25) is 0 Å². The maximum atomic E-state index is 5.35. The first-order valence-corrected chi connectivity index (χ1v) is 6.88. The van der Waals surface area contributed by atoms with Gasteiger partial charge in [0.25, 0.3) is 5.89 Å². The Balaban J connectivity index is 2.03. The molecule has 0 aliphatic rings. The van der Waals surface area contributed by atoms with Crippen molar-refractivity contribution in [2.75, 3.05) is 13.7 Å². The van der Waals surface area contributed by atoms with Crippen molar-refractivity contribution >= 4 is 10.9 Å². The van der Waals surface area contributed by atoms with Gasteiger partial charge in [-0.1, -0.05) is 23.4 Å². The summed E-state index contributed by atoms with van der Waals surface area (Å²) in [4.78, 5) is 9.08. The number of hydrogen-bond donors (Lipinski definition) is 0. The molecule has 0 bridgehead atoms. The van der Waals surface area contributed by atoms with Gasteiger partial charge in [0.1, 0.15) is 0 Å². The van der Waals surface area contributed by atoms with Crippen molar-refractivity contribution in [2.24, 2.45) is 0 Å². The summed E-state index contributed by atoms with van der Waals surface area (Å²) in [6.45, 7) is 4.59. The minimum absolute atomic E-state index is 0.509. The number of fused-ring (bicyclic) bond motifs is 1. The van der Waals surface area contributed by atoms with Crippen molar-refractivity contribution in [3.8, 4) is 11.5 Å². The highest BCUT2D eigenvalue weighted by Crippen LogP contribution is 2.26. The first kappa shape index (κ1) is 13.7. The molecule has 1 aromatic carbocycles. The van der Waals surface area contributed by atoms with E-state index in [4.69, 9.17) is 9.26 Å². The summed E-state index contributed by atoms with van der Waals surface area (Å²) in [5, 5.41) is 5.05. The molecule has 0 spiro atoms. The number of methoxy groups -OCH3 is 1. The normalized spacial score (nSPS) is 11.2. The zero-order chi connectivity index (χ0) is 14.8. The molecule has 0 aliphatic carbocycles. The Morgan fingerprint density at radius 2 is 2.05 bits per heavy atom. The Morgan fingerprint density at radius 1 is 1.19 bits per heavy atom. The molecule has 0 amide bonds. The SMILES string of the molecule is COCCc1noc(-c2cc3cccc(C)c3nc2C)n1. The van der Waals surface area contributed by atoms with E-state index in [2.05, 4.69) is 34.2 Å². The average molecular weight is 283 g/mol. The van der Waals surface area contributed by atoms with Gasteiger partial charge in [-0.25, -0.2) is 0 Å². The van der Waals surface area contributed by atoms with Gasteiger partial charge in [0.15, 0.2) is 5.82 Å². The smallest absolute Gasteiger partial charge is 0.259 e. The van der Waals surface area contributed by atoms with Crippen molar-refractivity contribution in [1.29, 1.82) is 0 Å². The van der Waals surface area contributed by atoms with Crippen LogP contribution in [0.1, 0.15) is 17.1 Å². The fourth-order valence-corrected chi connectivity index (χ4v) is 2.31. The van der Waals surface area contributed by atoms with Crippen LogP contribution in [0.5, 0.6) is 0 Å². The number of nitrogens with zero attached hydrogens (tertiary/aromatic N) is 3. The van der Waals surface area contributed by atoms with E-state index in [9.17, 15) is 0 Å². The van der Waals surface area contributed by atoms with Crippen molar-refractivity contribution in [3.63, 3.8) is 0 Å². The summed E-state index contributed by atoms with van der Waals surface area (Å²) in [6.07, 6.45) is 0.638. The van der Waals surface area contributed by atoms with Crippen LogP contribution in [-0.4, -0.2) is 28.8 Å². The van der Waals surface area contributed by atoms with Gasteiger partial charge in [-0.3, -0.25) is 4.98 Å². The third-order valence-electron chi connectivity index (χ3n) is 3.47. The molecule has 0 saturated carbocycles. The van der Waals surface area contributed by atoms with Gasteiger partial charge in [-0.2, -0.15) is 4.98 Å². The van der Waals surface area contributed by atoms with Crippen LogP contribution in [0, 0.1) is 13.8 Å². The van der Waals surface area contributed by atoms with Crippen LogP contribution < -0.4 is 0 Å². The number of para-hydroxylation sites is 1. The van der Waals surface area contributed by atoms with Crippen LogP contribution in [0.15, 0.2) is 28.8 Å². The molecule has 5 nitrogen and oxygen atoms in total. The number of hydrogen-bond acceptors (Lipinski definition) is 5. The van der Waals surface area contributed by atoms with E-state index in [0.717, 1.165) is 27.7 Å². The number of aryl methyl sites for hydroxylation is 2. The standard InChI is InChI=1S/C16H17N3O2/c1-10-5-4-6-12-9-13(11(2)17-15(10)12)16-18-14(19-21-16)7-8-20-3/h4-6,9H,7-8H2,1-3H3. The second-order valence-electron chi connectivity index (χ2n) is 5.03. The monoisotopic (exact) mass is 283 g/mol. The molecule has 0 radical (unpaired) electrons. The van der Waals surface area contributed by atoms with E-state index < -0.39 is 0 Å². The van der Waals surface area contributed by atoms with Crippen LogP contribution >= 0.6 is 0 Å². The number of ether oxygens (including phenoxy) is 1. The number of benzene rings is 1. The Hall–Kier alpha value is -2.27.